The van der Waals surface area contributed by atoms with Crippen molar-refractivity contribution in [1.82, 2.24) is 15.2 Å². The van der Waals surface area contributed by atoms with E-state index in [0.717, 1.165) is 56.3 Å². The van der Waals surface area contributed by atoms with Gasteiger partial charge in [-0.25, -0.2) is 0 Å². The van der Waals surface area contributed by atoms with Crippen molar-refractivity contribution in [3.8, 4) is 6.07 Å². The van der Waals surface area contributed by atoms with Crippen molar-refractivity contribution in [3.05, 3.63) is 35.5 Å². The Morgan fingerprint density at radius 3 is 2.36 bits per heavy atom. The summed E-state index contributed by atoms with van der Waals surface area (Å²) in [7, 11) is 0. The predicted molar refractivity (Wildman–Crippen MR) is 132 cm³/mol. The molecule has 1 aromatic heterocycles. The van der Waals surface area contributed by atoms with E-state index in [1.54, 1.807) is 18.2 Å². The van der Waals surface area contributed by atoms with Crippen molar-refractivity contribution < 1.29 is 24.3 Å². The van der Waals surface area contributed by atoms with Gasteiger partial charge in [-0.3, -0.25) is 19.2 Å². The van der Waals surface area contributed by atoms with E-state index in [2.05, 4.69) is 10.3 Å². The number of hydrogen-bond donors (Lipinski definition) is 3. The summed E-state index contributed by atoms with van der Waals surface area (Å²) in [5.41, 5.74) is 1.01. The summed E-state index contributed by atoms with van der Waals surface area (Å²) in [5.74, 6) is -3.73. The highest BCUT2D eigenvalue weighted by atomic mass is 16.4. The number of aromatic nitrogens is 1. The second kappa shape index (κ2) is 11.4. The van der Waals surface area contributed by atoms with Gasteiger partial charge < -0.3 is 20.3 Å². The summed E-state index contributed by atoms with van der Waals surface area (Å²) in [4.78, 5) is 56.3. The number of Topliss-reactive ketones (excluding diaryl/α,β-unsaturated/α-hetero) is 1. The topological polar surface area (TPSA) is 143 Å². The number of nitrogens with zero attached hydrogens (tertiary/aromatic N) is 2. The van der Waals surface area contributed by atoms with Gasteiger partial charge in [0.25, 0.3) is 11.7 Å². The van der Waals surface area contributed by atoms with Crippen LogP contribution in [0.2, 0.25) is 0 Å². The molecule has 9 heteroatoms. The molecule has 1 atom stereocenters. The van der Waals surface area contributed by atoms with Crippen LogP contribution in [0.25, 0.3) is 10.9 Å². The second-order valence-electron chi connectivity index (χ2n) is 9.92. The Hall–Kier alpha value is -3.67. The summed E-state index contributed by atoms with van der Waals surface area (Å²) >= 11 is 0. The van der Waals surface area contributed by atoms with Crippen LogP contribution in [0.5, 0.6) is 0 Å². The fourth-order valence-corrected chi connectivity index (χ4v) is 5.66. The zero-order valence-corrected chi connectivity index (χ0v) is 20.3. The van der Waals surface area contributed by atoms with Crippen LogP contribution in [0.4, 0.5) is 0 Å². The molecule has 0 spiro atoms. The van der Waals surface area contributed by atoms with E-state index in [1.165, 1.54) is 6.20 Å². The molecule has 1 heterocycles. The number of H-pyrrole nitrogens is 1. The van der Waals surface area contributed by atoms with Crippen LogP contribution in [0.1, 0.15) is 80.1 Å². The molecule has 2 amide bonds. The van der Waals surface area contributed by atoms with Crippen LogP contribution in [0.15, 0.2) is 24.4 Å². The van der Waals surface area contributed by atoms with Gasteiger partial charge >= 0.3 is 5.97 Å². The van der Waals surface area contributed by atoms with Crippen LogP contribution in [0, 0.1) is 17.2 Å². The normalized spacial score (nSPS) is 17.8. The molecule has 1 aromatic carbocycles. The standard InChI is InChI=1S/C27H32N4O5/c28-14-17-11-12-20-21(15-29-22(20)13-17)25(34)27(36)31(16-23(32)33)24(18-7-3-1-4-8-18)26(35)30-19-9-5-2-6-10-19/h11-13,15,18-19,24,29H,1-10,16H2,(H,30,35)(H,32,33). The van der Waals surface area contributed by atoms with Crippen LogP contribution in [-0.2, 0) is 14.4 Å². The van der Waals surface area contributed by atoms with Gasteiger partial charge in [-0.1, -0.05) is 44.6 Å². The van der Waals surface area contributed by atoms with Crippen LogP contribution >= 0.6 is 0 Å². The second-order valence-corrected chi connectivity index (χ2v) is 9.92. The van der Waals surface area contributed by atoms with Crippen molar-refractivity contribution in [2.45, 2.75) is 76.3 Å². The Labute approximate surface area is 209 Å². The third-order valence-corrected chi connectivity index (χ3v) is 7.47. The third kappa shape index (κ3) is 5.59. The summed E-state index contributed by atoms with van der Waals surface area (Å²) in [6.45, 7) is -0.731. The molecule has 2 aliphatic rings. The van der Waals surface area contributed by atoms with E-state index in [1.807, 2.05) is 6.07 Å². The zero-order chi connectivity index (χ0) is 25.7. The number of benzene rings is 1. The van der Waals surface area contributed by atoms with Gasteiger partial charge in [0.15, 0.2) is 0 Å². The fraction of sp³-hybridized carbons (Fsp3) is 0.519. The maximum Gasteiger partial charge on any atom is 0.323 e. The lowest BCUT2D eigenvalue weighted by molar-refractivity contribution is -0.148. The number of carboxylic acids is 1. The number of carbonyl (C=O) groups excluding carboxylic acids is 3. The number of carboxylic acid groups (broad SMARTS) is 1. The Bertz CT molecular complexity index is 1180. The number of hydrogen-bond acceptors (Lipinski definition) is 5. The van der Waals surface area contributed by atoms with Gasteiger partial charge in [-0.05, 0) is 43.7 Å². The van der Waals surface area contributed by atoms with Crippen LogP contribution in [-0.4, -0.2) is 57.2 Å². The number of fused-ring (bicyclic) bond motifs is 1. The first-order valence-electron chi connectivity index (χ1n) is 12.8. The first kappa shape index (κ1) is 25.4. The Balaban J connectivity index is 1.65. The summed E-state index contributed by atoms with van der Waals surface area (Å²) in [5, 5.41) is 22.3. The molecule has 190 valence electrons. The first-order valence-corrected chi connectivity index (χ1v) is 12.8. The minimum absolute atomic E-state index is 0.00207. The number of nitrogens with one attached hydrogen (secondary N) is 2. The number of nitriles is 1. The zero-order valence-electron chi connectivity index (χ0n) is 20.3. The minimum Gasteiger partial charge on any atom is -0.480 e. The number of aromatic amines is 1. The predicted octanol–water partition coefficient (Wildman–Crippen LogP) is 3.53. The molecule has 2 fully saturated rings. The largest absolute Gasteiger partial charge is 0.480 e. The van der Waals surface area contributed by atoms with Crippen LogP contribution < -0.4 is 5.32 Å². The summed E-state index contributed by atoms with van der Waals surface area (Å²) in [6.07, 6.45) is 10.5. The van der Waals surface area contributed by atoms with Crippen LogP contribution in [0.3, 0.4) is 0 Å². The molecule has 4 rings (SSSR count). The third-order valence-electron chi connectivity index (χ3n) is 7.47. The van der Waals surface area contributed by atoms with Gasteiger partial charge in [-0.15, -0.1) is 0 Å². The fourth-order valence-electron chi connectivity index (χ4n) is 5.66. The summed E-state index contributed by atoms with van der Waals surface area (Å²) < 4.78 is 0. The number of carbonyl (C=O) groups is 4. The van der Waals surface area contributed by atoms with Crippen molar-refractivity contribution in [2.75, 3.05) is 6.54 Å². The monoisotopic (exact) mass is 492 g/mol. The smallest absolute Gasteiger partial charge is 0.323 e. The average Bonchev–Trinajstić information content (AvgIpc) is 3.31. The van der Waals surface area contributed by atoms with Gasteiger partial charge in [0.2, 0.25) is 5.91 Å². The van der Waals surface area contributed by atoms with E-state index in [0.29, 0.717) is 29.3 Å². The maximum absolute atomic E-state index is 13.6. The van der Waals surface area contributed by atoms with Gasteiger partial charge in [-0.2, -0.15) is 5.26 Å². The molecular weight excluding hydrogens is 460 g/mol. The molecule has 2 aromatic rings. The molecule has 0 radical (unpaired) electrons. The maximum atomic E-state index is 13.6. The lowest BCUT2D eigenvalue weighted by Crippen LogP contribution is -2.58. The number of amides is 2. The van der Waals surface area contributed by atoms with E-state index in [-0.39, 0.29) is 23.4 Å². The van der Waals surface area contributed by atoms with Gasteiger partial charge in [0, 0.05) is 23.1 Å². The molecule has 2 saturated carbocycles. The highest BCUT2D eigenvalue weighted by molar-refractivity contribution is 6.45. The highest BCUT2D eigenvalue weighted by Crippen LogP contribution is 2.31. The number of ketones is 1. The van der Waals surface area contributed by atoms with Crippen molar-refractivity contribution in [3.63, 3.8) is 0 Å². The van der Waals surface area contributed by atoms with E-state index in [9.17, 15) is 24.3 Å². The molecule has 3 N–H and O–H groups in total. The van der Waals surface area contributed by atoms with Crippen molar-refractivity contribution >= 4 is 34.5 Å². The Morgan fingerprint density at radius 1 is 1.06 bits per heavy atom. The highest BCUT2D eigenvalue weighted by Gasteiger charge is 2.41. The van der Waals surface area contributed by atoms with E-state index >= 15 is 0 Å². The van der Waals surface area contributed by atoms with E-state index in [4.69, 9.17) is 5.26 Å². The molecule has 9 nitrogen and oxygen atoms in total. The van der Waals surface area contributed by atoms with Gasteiger partial charge in [0.1, 0.15) is 12.6 Å². The van der Waals surface area contributed by atoms with Gasteiger partial charge in [0.05, 0.1) is 17.2 Å². The van der Waals surface area contributed by atoms with Crippen molar-refractivity contribution in [2.24, 2.45) is 5.92 Å². The van der Waals surface area contributed by atoms with E-state index < -0.39 is 30.2 Å². The molecule has 36 heavy (non-hydrogen) atoms. The average molecular weight is 493 g/mol. The number of aliphatic carboxylic acids is 1. The molecule has 0 saturated heterocycles. The Kier molecular flexibility index (Phi) is 8.04. The lowest BCUT2D eigenvalue weighted by atomic mass is 9.82. The quantitative estimate of drug-likeness (QED) is 0.380. The lowest BCUT2D eigenvalue weighted by Gasteiger charge is -2.38. The first-order chi connectivity index (χ1) is 17.4. The molecule has 1 unspecified atom stereocenters. The summed E-state index contributed by atoms with van der Waals surface area (Å²) in [6, 6.07) is 5.72. The molecule has 0 bridgehead atoms. The number of rotatable bonds is 8. The molecule has 0 aliphatic heterocycles. The Morgan fingerprint density at radius 2 is 1.72 bits per heavy atom. The molecule has 2 aliphatic carbocycles. The van der Waals surface area contributed by atoms with Crippen molar-refractivity contribution in [1.29, 1.82) is 5.26 Å². The SMILES string of the molecule is N#Cc1ccc2c(C(=O)C(=O)N(CC(=O)O)C(C(=O)NC3CCCCC3)C3CCCCC3)c[nH]c2c1. The molecular formula is C27H32N4O5. The minimum atomic E-state index is -1.28.